The molecular weight excluding hydrogens is 301 g/mol. The van der Waals surface area contributed by atoms with Gasteiger partial charge in [0.2, 0.25) is 0 Å². The summed E-state index contributed by atoms with van der Waals surface area (Å²) >= 11 is 0. The zero-order chi connectivity index (χ0) is 16.6. The maximum absolute atomic E-state index is 12.2. The highest BCUT2D eigenvalue weighted by atomic mass is 19.4. The van der Waals surface area contributed by atoms with E-state index in [1.165, 1.54) is 23.1 Å². The Labute approximate surface area is 132 Å². The summed E-state index contributed by atoms with van der Waals surface area (Å²) in [5.74, 6) is -0.212. The van der Waals surface area contributed by atoms with Crippen molar-refractivity contribution < 1.29 is 17.9 Å². The Hall–Kier alpha value is -2.49. The summed E-state index contributed by atoms with van der Waals surface area (Å²) in [6, 6.07) is 16.1. The van der Waals surface area contributed by atoms with E-state index >= 15 is 0 Å². The number of aryl methyl sites for hydroxylation is 1. The molecule has 23 heavy (non-hydrogen) atoms. The molecule has 0 aromatic heterocycles. The van der Waals surface area contributed by atoms with E-state index in [1.54, 1.807) is 12.1 Å². The summed E-state index contributed by atoms with van der Waals surface area (Å²) in [6.45, 7) is 4.08. The SMILES string of the molecule is Cc1c(-c2ccc(OC(F)(F)F)cc2)cc2ccccc2c1C. The fraction of sp³-hybridized carbons (Fsp3) is 0.158. The van der Waals surface area contributed by atoms with Gasteiger partial charge in [-0.05, 0) is 65.1 Å². The van der Waals surface area contributed by atoms with Crippen LogP contribution in [-0.4, -0.2) is 6.36 Å². The number of benzene rings is 3. The van der Waals surface area contributed by atoms with Crippen LogP contribution in [-0.2, 0) is 0 Å². The molecule has 0 aliphatic rings. The monoisotopic (exact) mass is 316 g/mol. The minimum absolute atomic E-state index is 0.212. The molecule has 1 nitrogen and oxygen atoms in total. The van der Waals surface area contributed by atoms with Crippen LogP contribution in [0.5, 0.6) is 5.75 Å². The van der Waals surface area contributed by atoms with E-state index in [4.69, 9.17) is 0 Å². The van der Waals surface area contributed by atoms with Crippen molar-refractivity contribution in [3.8, 4) is 16.9 Å². The summed E-state index contributed by atoms with van der Waals surface area (Å²) < 4.78 is 40.6. The molecule has 0 heterocycles. The fourth-order valence-corrected chi connectivity index (χ4v) is 2.77. The molecule has 0 radical (unpaired) electrons. The quantitative estimate of drug-likeness (QED) is 0.561. The Morgan fingerprint density at radius 2 is 1.48 bits per heavy atom. The summed E-state index contributed by atoms with van der Waals surface area (Å²) in [7, 11) is 0. The standard InChI is InChI=1S/C19H15F3O/c1-12-13(2)18(11-15-5-3-4-6-17(12)15)14-7-9-16(10-8-14)23-19(20,21)22/h3-11H,1-2H3. The minimum Gasteiger partial charge on any atom is -0.406 e. The van der Waals surface area contributed by atoms with E-state index in [2.05, 4.69) is 23.8 Å². The highest BCUT2D eigenvalue weighted by Crippen LogP contribution is 2.33. The molecule has 0 amide bonds. The molecule has 0 aliphatic carbocycles. The van der Waals surface area contributed by atoms with Crippen LogP contribution in [0.4, 0.5) is 13.2 Å². The van der Waals surface area contributed by atoms with Gasteiger partial charge in [-0.2, -0.15) is 0 Å². The van der Waals surface area contributed by atoms with Gasteiger partial charge >= 0.3 is 6.36 Å². The van der Waals surface area contributed by atoms with Crippen molar-refractivity contribution in [2.75, 3.05) is 0 Å². The normalized spacial score (nSPS) is 11.7. The van der Waals surface area contributed by atoms with Gasteiger partial charge in [0.05, 0.1) is 0 Å². The first-order valence-electron chi connectivity index (χ1n) is 7.20. The number of ether oxygens (including phenoxy) is 1. The minimum atomic E-state index is -4.67. The van der Waals surface area contributed by atoms with Crippen LogP contribution < -0.4 is 4.74 Å². The topological polar surface area (TPSA) is 9.23 Å². The smallest absolute Gasteiger partial charge is 0.406 e. The maximum atomic E-state index is 12.2. The van der Waals surface area contributed by atoms with Gasteiger partial charge in [0.25, 0.3) is 0 Å². The molecule has 118 valence electrons. The Kier molecular flexibility index (Phi) is 3.76. The molecule has 0 unspecified atom stereocenters. The molecule has 3 rings (SSSR count). The molecule has 0 spiro atoms. The van der Waals surface area contributed by atoms with E-state index in [-0.39, 0.29) is 5.75 Å². The molecule has 0 aliphatic heterocycles. The van der Waals surface area contributed by atoms with Crippen LogP contribution in [0.1, 0.15) is 11.1 Å². The molecule has 0 fully saturated rings. The van der Waals surface area contributed by atoms with Crippen LogP contribution in [0.15, 0.2) is 54.6 Å². The van der Waals surface area contributed by atoms with Crippen LogP contribution in [0.2, 0.25) is 0 Å². The highest BCUT2D eigenvalue weighted by Gasteiger charge is 2.30. The van der Waals surface area contributed by atoms with E-state index in [9.17, 15) is 13.2 Å². The van der Waals surface area contributed by atoms with Crippen molar-refractivity contribution in [1.82, 2.24) is 0 Å². The number of halogens is 3. The van der Waals surface area contributed by atoms with Crippen LogP contribution >= 0.6 is 0 Å². The Balaban J connectivity index is 2.05. The molecule has 3 aromatic rings. The maximum Gasteiger partial charge on any atom is 0.573 e. The van der Waals surface area contributed by atoms with Gasteiger partial charge in [-0.15, -0.1) is 13.2 Å². The molecule has 0 saturated carbocycles. The van der Waals surface area contributed by atoms with Crippen LogP contribution in [0, 0.1) is 13.8 Å². The van der Waals surface area contributed by atoms with Gasteiger partial charge in [-0.1, -0.05) is 36.4 Å². The largest absolute Gasteiger partial charge is 0.573 e. The lowest BCUT2D eigenvalue weighted by molar-refractivity contribution is -0.274. The van der Waals surface area contributed by atoms with Gasteiger partial charge < -0.3 is 4.74 Å². The Bertz CT molecular complexity index is 849. The summed E-state index contributed by atoms with van der Waals surface area (Å²) in [4.78, 5) is 0. The molecule has 4 heteroatoms. The third-order valence-corrected chi connectivity index (χ3v) is 4.03. The number of fused-ring (bicyclic) bond motifs is 1. The van der Waals surface area contributed by atoms with Crippen LogP contribution in [0.3, 0.4) is 0 Å². The van der Waals surface area contributed by atoms with Crippen LogP contribution in [0.25, 0.3) is 21.9 Å². The fourth-order valence-electron chi connectivity index (χ4n) is 2.77. The average molecular weight is 316 g/mol. The second kappa shape index (κ2) is 5.61. The first kappa shape index (κ1) is 15.4. The van der Waals surface area contributed by atoms with E-state index in [0.717, 1.165) is 22.1 Å². The first-order valence-corrected chi connectivity index (χ1v) is 7.20. The van der Waals surface area contributed by atoms with Crippen molar-refractivity contribution >= 4 is 10.8 Å². The van der Waals surface area contributed by atoms with Crippen molar-refractivity contribution in [1.29, 1.82) is 0 Å². The molecular formula is C19H15F3O. The average Bonchev–Trinajstić information content (AvgIpc) is 2.50. The van der Waals surface area contributed by atoms with Gasteiger partial charge in [-0.25, -0.2) is 0 Å². The highest BCUT2D eigenvalue weighted by molar-refractivity contribution is 5.92. The third kappa shape index (κ3) is 3.16. The lowest BCUT2D eigenvalue weighted by atomic mass is 9.92. The number of rotatable bonds is 2. The molecule has 0 atom stereocenters. The summed E-state index contributed by atoms with van der Waals surface area (Å²) in [5.41, 5.74) is 4.17. The molecule has 0 bridgehead atoms. The Morgan fingerprint density at radius 1 is 0.826 bits per heavy atom. The first-order chi connectivity index (χ1) is 10.8. The second-order valence-electron chi connectivity index (χ2n) is 5.47. The van der Waals surface area contributed by atoms with E-state index < -0.39 is 6.36 Å². The predicted octanol–water partition coefficient (Wildman–Crippen LogP) is 6.02. The zero-order valence-electron chi connectivity index (χ0n) is 12.7. The van der Waals surface area contributed by atoms with Crippen molar-refractivity contribution in [2.45, 2.75) is 20.2 Å². The lowest BCUT2D eigenvalue weighted by Gasteiger charge is -2.14. The van der Waals surface area contributed by atoms with Gasteiger partial charge in [0.15, 0.2) is 0 Å². The van der Waals surface area contributed by atoms with Crippen molar-refractivity contribution in [3.05, 3.63) is 65.7 Å². The zero-order valence-corrected chi connectivity index (χ0v) is 12.7. The van der Waals surface area contributed by atoms with Gasteiger partial charge in [0, 0.05) is 0 Å². The van der Waals surface area contributed by atoms with Gasteiger partial charge in [0.1, 0.15) is 5.75 Å². The Morgan fingerprint density at radius 3 is 2.13 bits per heavy atom. The predicted molar refractivity (Wildman–Crippen MR) is 85.5 cm³/mol. The lowest BCUT2D eigenvalue weighted by Crippen LogP contribution is -2.16. The van der Waals surface area contributed by atoms with E-state index in [1.807, 2.05) is 25.1 Å². The number of hydrogen-bond acceptors (Lipinski definition) is 1. The third-order valence-electron chi connectivity index (χ3n) is 4.03. The van der Waals surface area contributed by atoms with E-state index in [0.29, 0.717) is 0 Å². The molecule has 0 N–H and O–H groups in total. The van der Waals surface area contributed by atoms with Crippen molar-refractivity contribution in [3.63, 3.8) is 0 Å². The summed E-state index contributed by atoms with van der Waals surface area (Å²) in [5, 5.41) is 2.30. The molecule has 0 saturated heterocycles. The molecule has 3 aromatic carbocycles. The summed E-state index contributed by atoms with van der Waals surface area (Å²) in [6.07, 6.45) is -4.67. The van der Waals surface area contributed by atoms with Crippen molar-refractivity contribution in [2.24, 2.45) is 0 Å². The second-order valence-corrected chi connectivity index (χ2v) is 5.47. The van der Waals surface area contributed by atoms with Gasteiger partial charge in [-0.3, -0.25) is 0 Å². The number of alkyl halides is 3. The number of hydrogen-bond donors (Lipinski definition) is 0.